The highest BCUT2D eigenvalue weighted by molar-refractivity contribution is 5.94. The molecule has 1 N–H and O–H groups in total. The molecule has 1 aliphatic rings. The van der Waals surface area contributed by atoms with E-state index < -0.39 is 0 Å². The van der Waals surface area contributed by atoms with Gasteiger partial charge in [-0.25, -0.2) is 0 Å². The number of amides is 1. The smallest absolute Gasteiger partial charge is 0.287 e. The number of hydrogen-bond donors (Lipinski definition) is 1. The Morgan fingerprint density at radius 2 is 2.00 bits per heavy atom. The molecule has 1 saturated heterocycles. The van der Waals surface area contributed by atoms with E-state index in [0.717, 1.165) is 19.4 Å². The molecule has 25 heavy (non-hydrogen) atoms. The van der Waals surface area contributed by atoms with E-state index in [1.165, 1.54) is 6.92 Å². The average Bonchev–Trinajstić information content (AvgIpc) is 3.30. The Morgan fingerprint density at radius 1 is 1.20 bits per heavy atom. The van der Waals surface area contributed by atoms with E-state index in [1.807, 2.05) is 0 Å². The number of rotatable bonds is 7. The fourth-order valence-electron chi connectivity index (χ4n) is 2.62. The summed E-state index contributed by atoms with van der Waals surface area (Å²) in [5.74, 6) is 1.19. The molecule has 0 saturated carbocycles. The summed E-state index contributed by atoms with van der Waals surface area (Å²) in [5.41, 5.74) is 0.635. The van der Waals surface area contributed by atoms with Crippen LogP contribution in [0.4, 0.5) is 0 Å². The van der Waals surface area contributed by atoms with Crippen molar-refractivity contribution in [1.29, 1.82) is 0 Å². The summed E-state index contributed by atoms with van der Waals surface area (Å²) < 4.78 is 16.6. The quantitative estimate of drug-likeness (QED) is 0.782. The van der Waals surface area contributed by atoms with Gasteiger partial charge in [-0.2, -0.15) is 0 Å². The van der Waals surface area contributed by atoms with Crippen LogP contribution in [0.1, 0.15) is 46.4 Å². The number of ether oxygens (including phenoxy) is 2. The first kappa shape index (κ1) is 17.2. The first-order chi connectivity index (χ1) is 12.1. The summed E-state index contributed by atoms with van der Waals surface area (Å²) in [5, 5.41) is 2.81. The molecule has 1 aromatic carbocycles. The van der Waals surface area contributed by atoms with Gasteiger partial charge in [0.1, 0.15) is 18.1 Å². The molecule has 132 valence electrons. The van der Waals surface area contributed by atoms with Crippen LogP contribution >= 0.6 is 0 Å². The van der Waals surface area contributed by atoms with Gasteiger partial charge < -0.3 is 19.2 Å². The van der Waals surface area contributed by atoms with Crippen molar-refractivity contribution in [3.8, 4) is 5.75 Å². The molecule has 2 heterocycles. The summed E-state index contributed by atoms with van der Waals surface area (Å²) in [6.45, 7) is 2.98. The van der Waals surface area contributed by atoms with E-state index in [1.54, 1.807) is 36.4 Å². The first-order valence-corrected chi connectivity index (χ1v) is 8.34. The van der Waals surface area contributed by atoms with Crippen molar-refractivity contribution in [1.82, 2.24) is 5.32 Å². The second-order valence-corrected chi connectivity index (χ2v) is 5.98. The first-order valence-electron chi connectivity index (χ1n) is 8.34. The van der Waals surface area contributed by atoms with Crippen molar-refractivity contribution >= 4 is 11.7 Å². The Morgan fingerprint density at radius 3 is 2.68 bits per heavy atom. The van der Waals surface area contributed by atoms with Gasteiger partial charge in [-0.05, 0) is 56.2 Å². The minimum atomic E-state index is -0.257. The molecule has 6 nitrogen and oxygen atoms in total. The second-order valence-electron chi connectivity index (χ2n) is 5.98. The molecule has 1 aromatic heterocycles. The largest absolute Gasteiger partial charge is 0.486 e. The maximum Gasteiger partial charge on any atom is 0.287 e. The van der Waals surface area contributed by atoms with Crippen molar-refractivity contribution in [2.75, 3.05) is 13.2 Å². The number of benzene rings is 1. The third-order valence-corrected chi connectivity index (χ3v) is 4.04. The van der Waals surface area contributed by atoms with E-state index in [0.29, 0.717) is 23.6 Å². The van der Waals surface area contributed by atoms with Crippen molar-refractivity contribution in [2.24, 2.45) is 0 Å². The van der Waals surface area contributed by atoms with Crippen LogP contribution in [0.3, 0.4) is 0 Å². The lowest BCUT2D eigenvalue weighted by Crippen LogP contribution is -2.31. The molecule has 0 aliphatic carbocycles. The third kappa shape index (κ3) is 4.70. The molecule has 3 rings (SSSR count). The Kier molecular flexibility index (Phi) is 5.50. The van der Waals surface area contributed by atoms with E-state index >= 15 is 0 Å². The SMILES string of the molecule is CC(=O)c1ccc(OCc2ccc(C(=O)NCC3CCCO3)o2)cc1. The Hall–Kier alpha value is -2.60. The van der Waals surface area contributed by atoms with E-state index in [-0.39, 0.29) is 30.2 Å². The maximum absolute atomic E-state index is 12.1. The van der Waals surface area contributed by atoms with E-state index in [9.17, 15) is 9.59 Å². The van der Waals surface area contributed by atoms with Crippen LogP contribution in [0.2, 0.25) is 0 Å². The van der Waals surface area contributed by atoms with Gasteiger partial charge in [-0.3, -0.25) is 9.59 Å². The van der Waals surface area contributed by atoms with Crippen LogP contribution in [0, 0.1) is 0 Å². The lowest BCUT2D eigenvalue weighted by atomic mass is 10.1. The average molecular weight is 343 g/mol. The number of furan rings is 1. The molecule has 6 heteroatoms. The van der Waals surface area contributed by atoms with Crippen LogP contribution in [0.25, 0.3) is 0 Å². The fourth-order valence-corrected chi connectivity index (χ4v) is 2.62. The number of carbonyl (C=O) groups excluding carboxylic acids is 2. The minimum Gasteiger partial charge on any atom is -0.486 e. The summed E-state index contributed by atoms with van der Waals surface area (Å²) in [7, 11) is 0. The molecule has 1 atom stereocenters. The summed E-state index contributed by atoms with van der Waals surface area (Å²) >= 11 is 0. The van der Waals surface area contributed by atoms with Crippen LogP contribution in [0.15, 0.2) is 40.8 Å². The molecule has 2 aromatic rings. The highest BCUT2D eigenvalue weighted by Crippen LogP contribution is 2.16. The van der Waals surface area contributed by atoms with Crippen LogP contribution in [-0.4, -0.2) is 30.9 Å². The minimum absolute atomic E-state index is 0.0104. The van der Waals surface area contributed by atoms with Crippen molar-refractivity contribution in [3.63, 3.8) is 0 Å². The lowest BCUT2D eigenvalue weighted by Gasteiger charge is -2.09. The van der Waals surface area contributed by atoms with Crippen molar-refractivity contribution < 1.29 is 23.5 Å². The van der Waals surface area contributed by atoms with Gasteiger partial charge in [-0.15, -0.1) is 0 Å². The van der Waals surface area contributed by atoms with Crippen LogP contribution < -0.4 is 10.1 Å². The Bertz CT molecular complexity index is 729. The summed E-state index contributed by atoms with van der Waals surface area (Å²) in [4.78, 5) is 23.3. The van der Waals surface area contributed by atoms with Crippen molar-refractivity contribution in [2.45, 2.75) is 32.5 Å². The van der Waals surface area contributed by atoms with Crippen molar-refractivity contribution in [3.05, 3.63) is 53.5 Å². The zero-order valence-corrected chi connectivity index (χ0v) is 14.1. The molecule has 0 spiro atoms. The Labute approximate surface area is 146 Å². The zero-order valence-electron chi connectivity index (χ0n) is 14.1. The molecule has 1 aliphatic heterocycles. The maximum atomic E-state index is 12.1. The van der Waals surface area contributed by atoms with E-state index in [4.69, 9.17) is 13.9 Å². The second kappa shape index (κ2) is 7.98. The number of hydrogen-bond acceptors (Lipinski definition) is 5. The molecule has 0 bridgehead atoms. The molecule has 1 fully saturated rings. The number of Topliss-reactive ketones (excluding diaryl/α,β-unsaturated/α-hetero) is 1. The summed E-state index contributed by atoms with van der Waals surface area (Å²) in [6, 6.07) is 10.2. The van der Waals surface area contributed by atoms with Gasteiger partial charge in [0.15, 0.2) is 11.5 Å². The standard InChI is InChI=1S/C19H21NO5/c1-13(21)14-4-6-15(7-5-14)24-12-17-8-9-18(25-17)19(22)20-11-16-3-2-10-23-16/h4-9,16H,2-3,10-12H2,1H3,(H,20,22). The third-order valence-electron chi connectivity index (χ3n) is 4.04. The topological polar surface area (TPSA) is 77.8 Å². The van der Waals surface area contributed by atoms with Crippen LogP contribution in [0.5, 0.6) is 5.75 Å². The van der Waals surface area contributed by atoms with Gasteiger partial charge in [-0.1, -0.05) is 0 Å². The number of carbonyl (C=O) groups is 2. The fraction of sp³-hybridized carbons (Fsp3) is 0.368. The van der Waals surface area contributed by atoms with E-state index in [2.05, 4.69) is 5.32 Å². The van der Waals surface area contributed by atoms with Gasteiger partial charge >= 0.3 is 0 Å². The molecule has 0 radical (unpaired) electrons. The highest BCUT2D eigenvalue weighted by atomic mass is 16.5. The van der Waals surface area contributed by atoms with Gasteiger partial charge in [0, 0.05) is 18.7 Å². The highest BCUT2D eigenvalue weighted by Gasteiger charge is 2.18. The van der Waals surface area contributed by atoms with Gasteiger partial charge in [0.2, 0.25) is 0 Å². The monoisotopic (exact) mass is 343 g/mol. The molecular formula is C19H21NO5. The number of nitrogens with one attached hydrogen (secondary N) is 1. The predicted octanol–water partition coefficient (Wildman–Crippen LogP) is 2.97. The summed E-state index contributed by atoms with van der Waals surface area (Å²) in [6.07, 6.45) is 2.11. The molecular weight excluding hydrogens is 322 g/mol. The predicted molar refractivity (Wildman–Crippen MR) is 90.8 cm³/mol. The lowest BCUT2D eigenvalue weighted by molar-refractivity contribution is 0.0832. The Balaban J connectivity index is 1.49. The van der Waals surface area contributed by atoms with Crippen LogP contribution in [-0.2, 0) is 11.3 Å². The molecule has 1 amide bonds. The normalized spacial score (nSPS) is 16.6. The number of ketones is 1. The molecule has 1 unspecified atom stereocenters. The zero-order chi connectivity index (χ0) is 17.6. The van der Waals surface area contributed by atoms with Gasteiger partial charge in [0.05, 0.1) is 6.10 Å². The van der Waals surface area contributed by atoms with Gasteiger partial charge in [0.25, 0.3) is 5.91 Å².